The van der Waals surface area contributed by atoms with Crippen LogP contribution in [-0.2, 0) is 28.9 Å². The summed E-state index contributed by atoms with van der Waals surface area (Å²) in [5.74, 6) is 8.18. The summed E-state index contributed by atoms with van der Waals surface area (Å²) in [6.45, 7) is 26.5. The number of aryl methyl sites for hydroxylation is 1. The van der Waals surface area contributed by atoms with Crippen molar-refractivity contribution < 1.29 is 67.4 Å². The molecule has 84 heavy (non-hydrogen) atoms. The molecule has 0 spiro atoms. The summed E-state index contributed by atoms with van der Waals surface area (Å²) in [4.78, 5) is 14.7. The average Bonchev–Trinajstić information content (AvgIpc) is 3.47. The molecule has 3 unspecified atom stereocenters. The topological polar surface area (TPSA) is 144 Å². The number of benzene rings is 3. The van der Waals surface area contributed by atoms with Crippen molar-refractivity contribution in [1.82, 2.24) is 0 Å². The van der Waals surface area contributed by atoms with E-state index in [-0.39, 0.29) is 33.7 Å². The molecule has 6 fully saturated rings. The van der Waals surface area contributed by atoms with E-state index in [9.17, 15) is 15.8 Å². The van der Waals surface area contributed by atoms with Crippen LogP contribution in [0.4, 0.5) is 0 Å². The Morgan fingerprint density at radius 1 is 0.333 bits per heavy atom. The minimum absolute atomic E-state index is 0. The van der Waals surface area contributed by atoms with Gasteiger partial charge in [0.2, 0.25) is 6.79 Å². The molecular weight excluding hydrogens is 1060 g/mol. The fraction of sp³-hybridized carbons (Fsp3) is 0.750. The van der Waals surface area contributed by atoms with E-state index >= 15 is 0 Å². The van der Waals surface area contributed by atoms with Gasteiger partial charge in [-0.15, -0.1) is 0 Å². The normalized spacial score (nSPS) is 28.8. The lowest BCUT2D eigenvalue weighted by Crippen LogP contribution is -2.37. The lowest BCUT2D eigenvalue weighted by Gasteiger charge is -2.38. The highest BCUT2D eigenvalue weighted by atomic mass is 17.1. The second kappa shape index (κ2) is 42.6. The zero-order chi connectivity index (χ0) is 61.1. The highest BCUT2D eigenvalue weighted by Gasteiger charge is 2.36. The van der Waals surface area contributed by atoms with Crippen LogP contribution in [0.3, 0.4) is 0 Å². The molecule has 3 aromatic rings. The van der Waals surface area contributed by atoms with E-state index in [0.717, 1.165) is 122 Å². The van der Waals surface area contributed by atoms with Crippen LogP contribution in [-0.4, -0.2) is 60.6 Å². The summed E-state index contributed by atoms with van der Waals surface area (Å²) in [5, 5.41) is 28.3. The van der Waals surface area contributed by atoms with Crippen molar-refractivity contribution in [2.75, 3.05) is 20.4 Å². The molecule has 3 atom stereocenters. The van der Waals surface area contributed by atoms with Gasteiger partial charge in [-0.25, -0.2) is 14.7 Å². The summed E-state index contributed by atoms with van der Waals surface area (Å²) in [6.07, 6.45) is 28.8. The highest BCUT2D eigenvalue weighted by Crippen LogP contribution is 2.42. The second-order valence-electron chi connectivity index (χ2n) is 25.2. The van der Waals surface area contributed by atoms with Gasteiger partial charge in [0.05, 0.1) is 24.4 Å². The van der Waals surface area contributed by atoms with Gasteiger partial charge in [0.1, 0.15) is 36.2 Å². The zero-order valence-corrected chi connectivity index (χ0v) is 54.7. The molecular formula is C72H132O12. The molecule has 0 saturated heterocycles. The summed E-state index contributed by atoms with van der Waals surface area (Å²) in [6, 6.07) is 23.4. The summed E-state index contributed by atoms with van der Waals surface area (Å²) in [7, 11) is 0. The van der Waals surface area contributed by atoms with Crippen LogP contribution >= 0.6 is 0 Å². The molecule has 6 saturated carbocycles. The zero-order valence-electron chi connectivity index (χ0n) is 54.7. The van der Waals surface area contributed by atoms with Crippen LogP contribution in [0.1, 0.15) is 268 Å². The molecule has 0 radical (unpaired) electrons. The second-order valence-corrected chi connectivity index (χ2v) is 25.2. The Bertz CT molecular complexity index is 2040. The monoisotopic (exact) mass is 1190 g/mol. The Hall–Kier alpha value is -3.30. The van der Waals surface area contributed by atoms with Crippen LogP contribution in [0.5, 0.6) is 17.2 Å². The molecule has 492 valence electrons. The van der Waals surface area contributed by atoms with Gasteiger partial charge in [-0.05, 0) is 223 Å². The first-order valence-corrected chi connectivity index (χ1v) is 33.9. The van der Waals surface area contributed by atoms with Crippen molar-refractivity contribution >= 4 is 0 Å². The lowest BCUT2D eigenvalue weighted by molar-refractivity contribution is -0.307. The predicted octanol–water partition coefficient (Wildman–Crippen LogP) is 22.1. The molecule has 3 aromatic carbocycles. The molecule has 6 aliphatic rings. The van der Waals surface area contributed by atoms with E-state index in [1.807, 2.05) is 121 Å². The maximum atomic E-state index is 9.52. The summed E-state index contributed by atoms with van der Waals surface area (Å²) in [5.41, 5.74) is 3.20. The Labute approximate surface area is 519 Å². The summed E-state index contributed by atoms with van der Waals surface area (Å²) >= 11 is 0. The molecule has 0 aromatic heterocycles. The Morgan fingerprint density at radius 2 is 0.595 bits per heavy atom. The van der Waals surface area contributed by atoms with E-state index < -0.39 is 0 Å². The molecule has 12 heteroatoms. The number of rotatable bonds is 21. The van der Waals surface area contributed by atoms with Gasteiger partial charge in [0.25, 0.3) is 0 Å². The third kappa shape index (κ3) is 26.2. The lowest BCUT2D eigenvalue weighted by atomic mass is 9.73. The van der Waals surface area contributed by atoms with Crippen LogP contribution < -0.4 is 14.2 Å². The Morgan fingerprint density at radius 3 is 0.917 bits per heavy atom. The maximum absolute atomic E-state index is 9.52. The Balaban J connectivity index is -0.00000117. The predicted molar refractivity (Wildman–Crippen MR) is 353 cm³/mol. The maximum Gasteiger partial charge on any atom is 0.230 e. The summed E-state index contributed by atoms with van der Waals surface area (Å²) < 4.78 is 34.8. The first-order valence-electron chi connectivity index (χ1n) is 33.9. The SMILES string of the molecule is CC.CC.CC.CC1CCC(OCOC2CCC(C(OO)C3CCC(C)CC3)CC2)CC1.CC1CCC(OCOc2ccc(C(OO)C3CCC(C)CC3)cc2)CC1.Cc1ccc(OCOc2ccc(C(OO)C3CCC(C)CC3)cc2)cc1.[HH].[HH].[HH].[HH].[HH].[HH]. The minimum atomic E-state index is -0.264. The van der Waals surface area contributed by atoms with E-state index in [2.05, 4.69) is 34.6 Å². The first kappa shape index (κ1) is 73.2. The molecule has 0 aliphatic heterocycles. The fourth-order valence-corrected chi connectivity index (χ4v) is 13.3. The number of hydrogen-bond acceptors (Lipinski definition) is 12. The highest BCUT2D eigenvalue weighted by molar-refractivity contribution is 5.30. The van der Waals surface area contributed by atoms with Crippen molar-refractivity contribution in [2.24, 2.45) is 53.3 Å². The molecule has 3 N–H and O–H groups in total. The Kier molecular flexibility index (Phi) is 37.1. The van der Waals surface area contributed by atoms with Gasteiger partial charge >= 0.3 is 0 Å². The van der Waals surface area contributed by atoms with E-state index in [0.29, 0.717) is 55.6 Å². The van der Waals surface area contributed by atoms with Crippen molar-refractivity contribution in [3.63, 3.8) is 0 Å². The largest absolute Gasteiger partial charge is 0.468 e. The molecule has 0 heterocycles. The molecule has 0 bridgehead atoms. The van der Waals surface area contributed by atoms with Gasteiger partial charge < -0.3 is 28.4 Å². The van der Waals surface area contributed by atoms with Crippen molar-refractivity contribution in [2.45, 2.75) is 274 Å². The van der Waals surface area contributed by atoms with Gasteiger partial charge in [0, 0.05) is 8.56 Å². The number of hydrogen-bond donors (Lipinski definition) is 3. The van der Waals surface area contributed by atoms with Crippen LogP contribution in [0, 0.1) is 60.2 Å². The van der Waals surface area contributed by atoms with Crippen LogP contribution in [0.2, 0.25) is 0 Å². The van der Waals surface area contributed by atoms with Crippen molar-refractivity contribution in [3.05, 3.63) is 89.5 Å². The first-order chi connectivity index (χ1) is 41.0. The van der Waals surface area contributed by atoms with Gasteiger partial charge in [-0.2, -0.15) is 0 Å². The molecule has 0 amide bonds. The fourth-order valence-electron chi connectivity index (χ4n) is 13.3. The van der Waals surface area contributed by atoms with Gasteiger partial charge in [0.15, 0.2) is 6.79 Å². The quantitative estimate of drug-likeness (QED) is 0.0531. The van der Waals surface area contributed by atoms with E-state index in [4.69, 9.17) is 43.1 Å². The van der Waals surface area contributed by atoms with Gasteiger partial charge in [-0.3, -0.25) is 15.8 Å². The van der Waals surface area contributed by atoms with Crippen LogP contribution in [0.15, 0.2) is 72.8 Å². The molecule has 6 aliphatic carbocycles. The standard InChI is InChI=1S/C22H40O4.C22H34O4.C22H28O4.3C2H6.6H2/c3*1-16-3-7-18(8-4-16)22(26-23)19-9-13-21(14-10-19)25-15-24-20-11-5-17(2)6-12-20;3*1-2;;;;;;/h16-23H,3-15H2,1-2H3;9-10,13-14,16-18,20,22-23H,3-8,11-12,15H2,1-2H3;5-6,9-14,16,18,22-23H,3-4,7-8,15H2,1-2H3;3*1-2H3;6*1H. The smallest absolute Gasteiger partial charge is 0.230 e. The van der Waals surface area contributed by atoms with Crippen LogP contribution in [0.25, 0.3) is 0 Å². The van der Waals surface area contributed by atoms with Crippen molar-refractivity contribution in [1.29, 1.82) is 0 Å². The van der Waals surface area contributed by atoms with E-state index in [1.165, 1.54) is 95.5 Å². The minimum Gasteiger partial charge on any atom is -0.468 e. The van der Waals surface area contributed by atoms with Gasteiger partial charge in [-0.1, -0.05) is 157 Å². The molecule has 12 nitrogen and oxygen atoms in total. The average molecular weight is 1190 g/mol. The third-order valence-electron chi connectivity index (χ3n) is 19.0. The number of ether oxygens (including phenoxy) is 6. The van der Waals surface area contributed by atoms with E-state index in [1.54, 1.807) is 0 Å². The van der Waals surface area contributed by atoms with Crippen molar-refractivity contribution in [3.8, 4) is 17.2 Å². The third-order valence-corrected chi connectivity index (χ3v) is 19.0. The molecule has 9 rings (SSSR count).